The Morgan fingerprint density at radius 1 is 1.15 bits per heavy atom. The average Bonchev–Trinajstić information content (AvgIpc) is 3.13. The van der Waals surface area contributed by atoms with E-state index in [4.69, 9.17) is 0 Å². The number of esters is 1. The first-order valence-corrected chi connectivity index (χ1v) is 7.69. The molecule has 146 valence electrons. The van der Waals surface area contributed by atoms with Gasteiger partial charge < -0.3 is 9.64 Å². The Bertz CT molecular complexity index is 872. The zero-order chi connectivity index (χ0) is 20.0. The SMILES string of the molecule is COC(=O)c1c(C(F)(F)F)nn2c1N(Cc1cccc(C(F)(F)F)c1)CC2. The summed E-state index contributed by atoms with van der Waals surface area (Å²) in [4.78, 5) is 13.3. The number of anilines is 1. The Kier molecular flexibility index (Phi) is 4.56. The minimum absolute atomic E-state index is 0.0639. The lowest BCUT2D eigenvalue weighted by atomic mass is 10.1. The van der Waals surface area contributed by atoms with Crippen molar-refractivity contribution < 1.29 is 35.9 Å². The molecule has 11 heteroatoms. The fraction of sp³-hybridized carbons (Fsp3) is 0.375. The molecule has 1 aliphatic rings. The van der Waals surface area contributed by atoms with Gasteiger partial charge in [0.2, 0.25) is 0 Å². The molecule has 1 aromatic heterocycles. The number of hydrogen-bond donors (Lipinski definition) is 0. The van der Waals surface area contributed by atoms with Crippen LogP contribution in [0.25, 0.3) is 0 Å². The van der Waals surface area contributed by atoms with Crippen molar-refractivity contribution in [2.75, 3.05) is 18.6 Å². The summed E-state index contributed by atoms with van der Waals surface area (Å²) in [5.41, 5.74) is -2.74. The Balaban J connectivity index is 1.99. The van der Waals surface area contributed by atoms with Crippen molar-refractivity contribution in [3.8, 4) is 0 Å². The molecular weight excluding hydrogens is 380 g/mol. The lowest BCUT2D eigenvalue weighted by molar-refractivity contribution is -0.142. The Hall–Kier alpha value is -2.72. The van der Waals surface area contributed by atoms with Crippen molar-refractivity contribution in [3.05, 3.63) is 46.6 Å². The van der Waals surface area contributed by atoms with E-state index in [1.165, 1.54) is 17.0 Å². The molecule has 0 radical (unpaired) electrons. The quantitative estimate of drug-likeness (QED) is 0.589. The average molecular weight is 393 g/mol. The van der Waals surface area contributed by atoms with Gasteiger partial charge in [-0.3, -0.25) is 0 Å². The second kappa shape index (κ2) is 6.46. The molecule has 0 unspecified atom stereocenters. The van der Waals surface area contributed by atoms with Crippen LogP contribution >= 0.6 is 0 Å². The van der Waals surface area contributed by atoms with Crippen LogP contribution in [0.3, 0.4) is 0 Å². The highest BCUT2D eigenvalue weighted by molar-refractivity contribution is 5.96. The number of nitrogens with zero attached hydrogens (tertiary/aromatic N) is 3. The van der Waals surface area contributed by atoms with Crippen molar-refractivity contribution in [2.24, 2.45) is 0 Å². The number of benzene rings is 1. The van der Waals surface area contributed by atoms with Crippen molar-refractivity contribution in [1.82, 2.24) is 9.78 Å². The number of aromatic nitrogens is 2. The van der Waals surface area contributed by atoms with Crippen LogP contribution in [0.4, 0.5) is 32.2 Å². The molecule has 2 heterocycles. The minimum Gasteiger partial charge on any atom is -0.465 e. The second-order valence-electron chi connectivity index (χ2n) is 5.88. The maximum Gasteiger partial charge on any atom is 0.436 e. The van der Waals surface area contributed by atoms with E-state index in [1.54, 1.807) is 0 Å². The van der Waals surface area contributed by atoms with E-state index in [2.05, 4.69) is 9.84 Å². The molecule has 0 spiro atoms. The van der Waals surface area contributed by atoms with Crippen LogP contribution in [0.2, 0.25) is 0 Å². The maximum absolute atomic E-state index is 13.2. The number of fused-ring (bicyclic) bond motifs is 1. The summed E-state index contributed by atoms with van der Waals surface area (Å²) in [7, 11) is 0.943. The van der Waals surface area contributed by atoms with Gasteiger partial charge in [-0.2, -0.15) is 31.4 Å². The summed E-state index contributed by atoms with van der Waals surface area (Å²) in [6.45, 7) is 0.145. The van der Waals surface area contributed by atoms with Crippen LogP contribution in [0.1, 0.15) is 27.2 Å². The van der Waals surface area contributed by atoms with Crippen molar-refractivity contribution in [2.45, 2.75) is 25.4 Å². The van der Waals surface area contributed by atoms with Gasteiger partial charge in [-0.25, -0.2) is 9.48 Å². The van der Waals surface area contributed by atoms with Crippen molar-refractivity contribution in [1.29, 1.82) is 0 Å². The van der Waals surface area contributed by atoms with E-state index >= 15 is 0 Å². The number of carbonyl (C=O) groups is 1. The molecule has 1 aromatic carbocycles. The fourth-order valence-corrected chi connectivity index (χ4v) is 2.96. The number of hydrogen-bond acceptors (Lipinski definition) is 4. The van der Waals surface area contributed by atoms with E-state index in [1.807, 2.05) is 0 Å². The number of carbonyl (C=O) groups excluding carboxylic acids is 1. The summed E-state index contributed by atoms with van der Waals surface area (Å²) >= 11 is 0. The van der Waals surface area contributed by atoms with E-state index in [0.29, 0.717) is 0 Å². The highest BCUT2D eigenvalue weighted by Crippen LogP contribution is 2.39. The molecule has 1 aliphatic heterocycles. The van der Waals surface area contributed by atoms with E-state index in [0.717, 1.165) is 23.9 Å². The van der Waals surface area contributed by atoms with Crippen LogP contribution in [0.5, 0.6) is 0 Å². The Morgan fingerprint density at radius 3 is 2.44 bits per heavy atom. The molecule has 27 heavy (non-hydrogen) atoms. The van der Waals surface area contributed by atoms with Crippen molar-refractivity contribution >= 4 is 11.8 Å². The Morgan fingerprint density at radius 2 is 1.85 bits per heavy atom. The molecule has 0 amide bonds. The fourth-order valence-electron chi connectivity index (χ4n) is 2.96. The van der Waals surface area contributed by atoms with Gasteiger partial charge in [0.25, 0.3) is 0 Å². The lowest BCUT2D eigenvalue weighted by Crippen LogP contribution is -2.24. The number of halogens is 6. The topological polar surface area (TPSA) is 47.4 Å². The van der Waals surface area contributed by atoms with Crippen molar-refractivity contribution in [3.63, 3.8) is 0 Å². The molecule has 5 nitrogen and oxygen atoms in total. The van der Waals surface area contributed by atoms with Crippen LogP contribution in [-0.4, -0.2) is 29.4 Å². The number of rotatable bonds is 3. The molecule has 0 saturated carbocycles. The van der Waals surface area contributed by atoms with Gasteiger partial charge in [-0.05, 0) is 17.7 Å². The Labute approximate surface area is 149 Å². The molecule has 0 fully saturated rings. The third-order valence-electron chi connectivity index (χ3n) is 4.09. The third-order valence-corrected chi connectivity index (χ3v) is 4.09. The number of alkyl halides is 6. The zero-order valence-electron chi connectivity index (χ0n) is 13.9. The summed E-state index contributed by atoms with van der Waals surface area (Å²) in [6, 6.07) is 4.46. The van der Waals surface area contributed by atoms with Gasteiger partial charge in [-0.15, -0.1) is 0 Å². The van der Waals surface area contributed by atoms with Crippen LogP contribution in [0, 0.1) is 0 Å². The summed E-state index contributed by atoms with van der Waals surface area (Å²) in [5.74, 6) is -1.33. The normalized spacial score (nSPS) is 14.4. The smallest absolute Gasteiger partial charge is 0.436 e. The van der Waals surface area contributed by atoms with Gasteiger partial charge in [0.05, 0.1) is 19.2 Å². The van der Waals surface area contributed by atoms with Gasteiger partial charge in [-0.1, -0.05) is 12.1 Å². The maximum atomic E-state index is 13.2. The molecule has 0 bridgehead atoms. The minimum atomic E-state index is -4.87. The molecular formula is C16H13F6N3O2. The van der Waals surface area contributed by atoms with E-state index in [-0.39, 0.29) is 31.0 Å². The number of methoxy groups -OCH3 is 1. The number of ether oxygens (including phenoxy) is 1. The van der Waals surface area contributed by atoms with Crippen LogP contribution in [0.15, 0.2) is 24.3 Å². The van der Waals surface area contributed by atoms with E-state index in [9.17, 15) is 31.1 Å². The third kappa shape index (κ3) is 3.58. The van der Waals surface area contributed by atoms with Gasteiger partial charge in [0.15, 0.2) is 5.69 Å². The molecule has 2 aromatic rings. The largest absolute Gasteiger partial charge is 0.465 e. The standard InChI is InChI=1S/C16H13F6N3O2/c1-27-14(26)11-12(16(20,21)22)23-25-6-5-24(13(11)25)8-9-3-2-4-10(7-9)15(17,18)19/h2-4,7H,5-6,8H2,1H3. The lowest BCUT2D eigenvalue weighted by Gasteiger charge is -2.19. The predicted molar refractivity (Wildman–Crippen MR) is 81.1 cm³/mol. The van der Waals surface area contributed by atoms with Gasteiger partial charge >= 0.3 is 18.3 Å². The van der Waals surface area contributed by atoms with E-state index < -0.39 is 35.1 Å². The zero-order valence-corrected chi connectivity index (χ0v) is 13.9. The highest BCUT2D eigenvalue weighted by atomic mass is 19.4. The van der Waals surface area contributed by atoms with Crippen LogP contribution in [-0.2, 0) is 30.2 Å². The summed E-state index contributed by atoms with van der Waals surface area (Å²) in [5, 5.41) is 3.45. The van der Waals surface area contributed by atoms with Crippen LogP contribution < -0.4 is 4.90 Å². The molecule has 0 N–H and O–H groups in total. The second-order valence-corrected chi connectivity index (χ2v) is 5.88. The molecule has 0 saturated heterocycles. The first-order chi connectivity index (χ1) is 12.5. The van der Waals surface area contributed by atoms with Gasteiger partial charge in [0.1, 0.15) is 11.4 Å². The predicted octanol–water partition coefficient (Wildman–Crippen LogP) is 3.73. The molecule has 3 rings (SSSR count). The van der Waals surface area contributed by atoms with Gasteiger partial charge in [0, 0.05) is 13.1 Å². The summed E-state index contributed by atoms with van der Waals surface area (Å²) in [6.07, 6.45) is -9.41. The molecule has 0 atom stereocenters. The molecule has 0 aliphatic carbocycles. The first-order valence-electron chi connectivity index (χ1n) is 7.69. The monoisotopic (exact) mass is 393 g/mol. The highest BCUT2D eigenvalue weighted by Gasteiger charge is 2.44. The first kappa shape index (κ1) is 19.1. The summed E-state index contributed by atoms with van der Waals surface area (Å²) < 4.78 is 83.7.